The van der Waals surface area contributed by atoms with E-state index in [0.29, 0.717) is 23.5 Å². The van der Waals surface area contributed by atoms with Gasteiger partial charge in [0.25, 0.3) is 0 Å². The lowest BCUT2D eigenvalue weighted by atomic mass is 10.00. The first-order valence-corrected chi connectivity index (χ1v) is 6.67. The summed E-state index contributed by atoms with van der Waals surface area (Å²) in [4.78, 5) is 11.2. The van der Waals surface area contributed by atoms with E-state index >= 15 is 0 Å². The summed E-state index contributed by atoms with van der Waals surface area (Å²) in [5.74, 6) is -0.945. The number of benzene rings is 1. The first kappa shape index (κ1) is 13.7. The number of nitrogens with zero attached hydrogens (tertiary/aromatic N) is 1. The molecule has 2 unspecified atom stereocenters. The van der Waals surface area contributed by atoms with Crippen molar-refractivity contribution in [3.05, 3.63) is 23.8 Å². The molecule has 104 valence electrons. The minimum atomic E-state index is -0.945. The lowest BCUT2D eigenvalue weighted by Gasteiger charge is -2.39. The molecular formula is C14H21N3O2. The Bertz CT molecular complexity index is 466. The van der Waals surface area contributed by atoms with Crippen LogP contribution in [0.4, 0.5) is 11.4 Å². The number of nitrogen functional groups attached to an aromatic ring is 1. The van der Waals surface area contributed by atoms with Gasteiger partial charge in [-0.05, 0) is 44.9 Å². The number of aromatic carboxylic acids is 1. The molecule has 0 saturated carbocycles. The van der Waals surface area contributed by atoms with Crippen molar-refractivity contribution in [1.29, 1.82) is 0 Å². The fourth-order valence-electron chi connectivity index (χ4n) is 2.62. The Kier molecular flexibility index (Phi) is 3.95. The zero-order chi connectivity index (χ0) is 14.0. The smallest absolute Gasteiger partial charge is 0.337 e. The number of hydrogen-bond acceptors (Lipinski definition) is 4. The van der Waals surface area contributed by atoms with Crippen molar-refractivity contribution in [2.75, 3.05) is 11.2 Å². The van der Waals surface area contributed by atoms with Gasteiger partial charge in [0.2, 0.25) is 0 Å². The molecule has 5 heteroatoms. The molecule has 2 rings (SSSR count). The summed E-state index contributed by atoms with van der Waals surface area (Å²) >= 11 is 0. The zero-order valence-electron chi connectivity index (χ0n) is 11.4. The first-order valence-electron chi connectivity index (χ1n) is 6.67. The van der Waals surface area contributed by atoms with Crippen molar-refractivity contribution in [2.45, 2.75) is 45.2 Å². The molecule has 0 amide bonds. The molecule has 4 N–H and O–H groups in total. The van der Waals surface area contributed by atoms with Gasteiger partial charge in [-0.1, -0.05) is 6.42 Å². The molecule has 5 nitrogen and oxygen atoms in total. The summed E-state index contributed by atoms with van der Waals surface area (Å²) in [6.45, 7) is 4.30. The molecule has 0 aliphatic carbocycles. The number of nitrogens with one attached hydrogen (secondary N) is 1. The van der Waals surface area contributed by atoms with Crippen LogP contribution in [0.25, 0.3) is 0 Å². The van der Waals surface area contributed by atoms with Crippen LogP contribution in [0.5, 0.6) is 0 Å². The van der Waals surface area contributed by atoms with Crippen LogP contribution in [0.2, 0.25) is 0 Å². The molecule has 2 atom stereocenters. The number of rotatable bonds is 3. The van der Waals surface area contributed by atoms with Crippen molar-refractivity contribution in [2.24, 2.45) is 0 Å². The van der Waals surface area contributed by atoms with Crippen molar-refractivity contribution < 1.29 is 9.90 Å². The quantitative estimate of drug-likeness (QED) is 0.730. The highest BCUT2D eigenvalue weighted by Gasteiger charge is 2.25. The Balaban J connectivity index is 2.26. The zero-order valence-corrected chi connectivity index (χ0v) is 11.4. The van der Waals surface area contributed by atoms with Gasteiger partial charge in [0.15, 0.2) is 0 Å². The SMILES string of the molecule is CC1CCCC(C)N1Nc1cc(N)ccc1C(=O)O. The maximum Gasteiger partial charge on any atom is 0.337 e. The Morgan fingerprint density at radius 2 is 2.00 bits per heavy atom. The second-order valence-corrected chi connectivity index (χ2v) is 5.26. The van der Waals surface area contributed by atoms with E-state index in [1.807, 2.05) is 0 Å². The molecule has 1 saturated heterocycles. The Morgan fingerprint density at radius 3 is 2.58 bits per heavy atom. The molecule has 1 fully saturated rings. The molecule has 1 aromatic rings. The molecular weight excluding hydrogens is 242 g/mol. The van der Waals surface area contributed by atoms with Crippen molar-refractivity contribution in [3.63, 3.8) is 0 Å². The highest BCUT2D eigenvalue weighted by Crippen LogP contribution is 2.26. The highest BCUT2D eigenvalue weighted by molar-refractivity contribution is 5.94. The highest BCUT2D eigenvalue weighted by atomic mass is 16.4. The number of carboxylic acids is 1. The second-order valence-electron chi connectivity index (χ2n) is 5.26. The summed E-state index contributed by atoms with van der Waals surface area (Å²) in [6.07, 6.45) is 3.44. The molecule has 1 aliphatic heterocycles. The monoisotopic (exact) mass is 263 g/mol. The van der Waals surface area contributed by atoms with E-state index in [4.69, 9.17) is 5.73 Å². The number of nitrogens with two attached hydrogens (primary N) is 1. The average molecular weight is 263 g/mol. The van der Waals surface area contributed by atoms with E-state index in [2.05, 4.69) is 24.3 Å². The predicted octanol–water partition coefficient (Wildman–Crippen LogP) is 2.56. The number of carboxylic acid groups (broad SMARTS) is 1. The van der Waals surface area contributed by atoms with Gasteiger partial charge in [0, 0.05) is 17.8 Å². The van der Waals surface area contributed by atoms with E-state index in [1.165, 1.54) is 6.42 Å². The maximum absolute atomic E-state index is 11.2. The number of anilines is 2. The number of hydrazine groups is 1. The van der Waals surface area contributed by atoms with Gasteiger partial charge in [-0.15, -0.1) is 0 Å². The average Bonchev–Trinajstić information content (AvgIpc) is 2.33. The van der Waals surface area contributed by atoms with Gasteiger partial charge < -0.3 is 16.3 Å². The van der Waals surface area contributed by atoms with E-state index in [0.717, 1.165) is 12.8 Å². The van der Waals surface area contributed by atoms with Gasteiger partial charge in [0.05, 0.1) is 11.3 Å². The van der Waals surface area contributed by atoms with Gasteiger partial charge in [0.1, 0.15) is 0 Å². The molecule has 1 heterocycles. The van der Waals surface area contributed by atoms with Gasteiger partial charge >= 0.3 is 5.97 Å². The molecule has 1 aromatic carbocycles. The summed E-state index contributed by atoms with van der Waals surface area (Å²) in [5, 5.41) is 11.3. The van der Waals surface area contributed by atoms with E-state index in [9.17, 15) is 9.90 Å². The van der Waals surface area contributed by atoms with Crippen LogP contribution < -0.4 is 11.2 Å². The van der Waals surface area contributed by atoms with Crippen LogP contribution in [0, 0.1) is 0 Å². The van der Waals surface area contributed by atoms with Crippen LogP contribution in [-0.4, -0.2) is 28.2 Å². The van der Waals surface area contributed by atoms with E-state index in [-0.39, 0.29) is 5.56 Å². The van der Waals surface area contributed by atoms with Crippen molar-refractivity contribution in [3.8, 4) is 0 Å². The summed E-state index contributed by atoms with van der Waals surface area (Å²) < 4.78 is 0. The van der Waals surface area contributed by atoms with Crippen LogP contribution >= 0.6 is 0 Å². The maximum atomic E-state index is 11.2. The largest absolute Gasteiger partial charge is 0.478 e. The third kappa shape index (κ3) is 2.98. The lowest BCUT2D eigenvalue weighted by Crippen LogP contribution is -2.47. The van der Waals surface area contributed by atoms with Crippen LogP contribution in [-0.2, 0) is 0 Å². The van der Waals surface area contributed by atoms with E-state index < -0.39 is 5.97 Å². The predicted molar refractivity (Wildman–Crippen MR) is 76.1 cm³/mol. The van der Waals surface area contributed by atoms with Crippen LogP contribution in [0.1, 0.15) is 43.5 Å². The summed E-state index contributed by atoms with van der Waals surface area (Å²) in [6, 6.07) is 5.59. The van der Waals surface area contributed by atoms with Crippen molar-refractivity contribution in [1.82, 2.24) is 5.01 Å². The normalized spacial score (nSPS) is 24.1. The lowest BCUT2D eigenvalue weighted by molar-refractivity contribution is 0.0696. The minimum absolute atomic E-state index is 0.249. The Hall–Kier alpha value is -1.75. The summed E-state index contributed by atoms with van der Waals surface area (Å²) in [7, 11) is 0. The van der Waals surface area contributed by atoms with Crippen LogP contribution in [0.15, 0.2) is 18.2 Å². The van der Waals surface area contributed by atoms with E-state index in [1.54, 1.807) is 18.2 Å². The van der Waals surface area contributed by atoms with Crippen LogP contribution in [0.3, 0.4) is 0 Å². The fourth-order valence-corrected chi connectivity index (χ4v) is 2.62. The minimum Gasteiger partial charge on any atom is -0.478 e. The fraction of sp³-hybridized carbons (Fsp3) is 0.500. The van der Waals surface area contributed by atoms with Crippen molar-refractivity contribution >= 4 is 17.3 Å². The molecule has 1 aliphatic rings. The topological polar surface area (TPSA) is 78.6 Å². The molecule has 0 bridgehead atoms. The van der Waals surface area contributed by atoms with Gasteiger partial charge in [-0.2, -0.15) is 0 Å². The molecule has 0 radical (unpaired) electrons. The Labute approximate surface area is 113 Å². The number of carbonyl (C=O) groups is 1. The molecule has 0 aromatic heterocycles. The Morgan fingerprint density at radius 1 is 1.37 bits per heavy atom. The molecule has 0 spiro atoms. The third-order valence-electron chi connectivity index (χ3n) is 3.72. The second kappa shape index (κ2) is 5.48. The summed E-state index contributed by atoms with van der Waals surface area (Å²) in [5.41, 5.74) is 10.4. The number of hydrogen-bond donors (Lipinski definition) is 3. The standard InChI is InChI=1S/C14H21N3O2/c1-9-4-3-5-10(2)17(9)16-13-8-11(15)6-7-12(13)14(18)19/h6-10,16H,3-5,15H2,1-2H3,(H,18,19). The number of piperidine rings is 1. The first-order chi connectivity index (χ1) is 8.99. The van der Waals surface area contributed by atoms with Gasteiger partial charge in [-0.25, -0.2) is 9.80 Å². The van der Waals surface area contributed by atoms with Gasteiger partial charge in [-0.3, -0.25) is 0 Å². The molecule has 19 heavy (non-hydrogen) atoms. The third-order valence-corrected chi connectivity index (χ3v) is 3.72.